The number of halogens is 1. The van der Waals surface area contributed by atoms with Crippen molar-refractivity contribution in [3.05, 3.63) is 35.4 Å². The fraction of sp³-hybridized carbons (Fsp3) is 0.588. The van der Waals surface area contributed by atoms with Gasteiger partial charge in [0.15, 0.2) is 0 Å². The van der Waals surface area contributed by atoms with Crippen molar-refractivity contribution in [3.63, 3.8) is 0 Å². The van der Waals surface area contributed by atoms with Crippen LogP contribution in [0.2, 0.25) is 0 Å². The molecule has 1 atom stereocenters. The number of hydrogen-bond donors (Lipinski definition) is 2. The summed E-state index contributed by atoms with van der Waals surface area (Å²) < 4.78 is 12.5. The number of benzene rings is 1. The van der Waals surface area contributed by atoms with Gasteiger partial charge in [0, 0.05) is 31.2 Å². The zero-order valence-corrected chi connectivity index (χ0v) is 12.7. The molecule has 1 heterocycles. The molecule has 120 valence electrons. The number of aliphatic hydroxyl groups excluding tert-OH is 1. The van der Waals surface area contributed by atoms with Crippen LogP contribution in [0.1, 0.15) is 35.2 Å². The number of hydrogen-bond acceptors (Lipinski definition) is 3. The van der Waals surface area contributed by atoms with Gasteiger partial charge < -0.3 is 10.4 Å². The number of likely N-dealkylation sites (tertiary alicyclic amines) is 1. The maximum atomic E-state index is 12.5. The number of carbonyl (C=O) groups is 1. The molecule has 1 aromatic carbocycles. The minimum Gasteiger partial charge on any atom is -0.390 e. The summed E-state index contributed by atoms with van der Waals surface area (Å²) in [6.07, 6.45) is 3.32. The number of rotatable bonds is 6. The molecule has 1 aliphatic heterocycles. The lowest BCUT2D eigenvalue weighted by atomic mass is 9.79. The van der Waals surface area contributed by atoms with Crippen LogP contribution in [0.25, 0.3) is 0 Å². The van der Waals surface area contributed by atoms with Crippen LogP contribution in [0.4, 0.5) is 4.39 Å². The van der Waals surface area contributed by atoms with Crippen molar-refractivity contribution in [2.45, 2.75) is 38.1 Å². The first-order chi connectivity index (χ1) is 10.7. The van der Waals surface area contributed by atoms with E-state index in [9.17, 15) is 14.3 Å². The number of nitrogens with one attached hydrogen (secondary N) is 1. The van der Waals surface area contributed by atoms with Crippen molar-refractivity contribution in [3.8, 4) is 0 Å². The Morgan fingerprint density at radius 1 is 1.32 bits per heavy atom. The molecule has 2 aliphatic rings. The van der Waals surface area contributed by atoms with Gasteiger partial charge in [-0.2, -0.15) is 0 Å². The molecule has 2 N–H and O–H groups in total. The fourth-order valence-electron chi connectivity index (χ4n) is 3.12. The topological polar surface area (TPSA) is 52.6 Å². The van der Waals surface area contributed by atoms with Gasteiger partial charge in [0.2, 0.25) is 0 Å². The minimum absolute atomic E-state index is 0.0941. The second-order valence-electron chi connectivity index (χ2n) is 6.47. The zero-order valence-electron chi connectivity index (χ0n) is 12.7. The van der Waals surface area contributed by atoms with Gasteiger partial charge in [0.1, 0.15) is 6.67 Å². The van der Waals surface area contributed by atoms with Crippen LogP contribution in [-0.4, -0.2) is 47.7 Å². The molecule has 22 heavy (non-hydrogen) atoms. The fourth-order valence-corrected chi connectivity index (χ4v) is 3.12. The molecule has 0 aromatic heterocycles. The predicted octanol–water partition coefficient (Wildman–Crippen LogP) is 1.73. The normalized spacial score (nSPS) is 21.0. The molecule has 0 radical (unpaired) electrons. The molecule has 0 spiro atoms. The van der Waals surface area contributed by atoms with Gasteiger partial charge in [-0.05, 0) is 36.5 Å². The Morgan fingerprint density at radius 3 is 2.50 bits per heavy atom. The smallest absolute Gasteiger partial charge is 0.251 e. The highest BCUT2D eigenvalue weighted by Gasteiger charge is 2.33. The molecule has 1 aromatic rings. The van der Waals surface area contributed by atoms with E-state index in [4.69, 9.17) is 0 Å². The lowest BCUT2D eigenvalue weighted by Gasteiger charge is -2.42. The third-order valence-electron chi connectivity index (χ3n) is 4.80. The maximum Gasteiger partial charge on any atom is 0.251 e. The van der Waals surface area contributed by atoms with E-state index >= 15 is 0 Å². The maximum absolute atomic E-state index is 12.5. The average Bonchev–Trinajstić information content (AvgIpc) is 2.43. The van der Waals surface area contributed by atoms with Gasteiger partial charge in [0.05, 0.1) is 6.10 Å². The van der Waals surface area contributed by atoms with Gasteiger partial charge in [-0.1, -0.05) is 18.6 Å². The third-order valence-corrected chi connectivity index (χ3v) is 4.80. The first kappa shape index (κ1) is 15.4. The molecule has 1 unspecified atom stereocenters. The van der Waals surface area contributed by atoms with E-state index in [1.165, 1.54) is 6.42 Å². The largest absolute Gasteiger partial charge is 0.390 e. The predicted molar refractivity (Wildman–Crippen MR) is 82.3 cm³/mol. The van der Waals surface area contributed by atoms with E-state index in [0.717, 1.165) is 19.4 Å². The summed E-state index contributed by atoms with van der Waals surface area (Å²) >= 11 is 0. The first-order valence-electron chi connectivity index (χ1n) is 8.02. The summed E-state index contributed by atoms with van der Waals surface area (Å²) in [4.78, 5) is 14.6. The summed E-state index contributed by atoms with van der Waals surface area (Å²) in [5, 5.41) is 12.5. The number of aliphatic hydroxyl groups is 1. The van der Waals surface area contributed by atoms with E-state index in [0.29, 0.717) is 30.1 Å². The molecule has 2 fully saturated rings. The van der Waals surface area contributed by atoms with E-state index in [-0.39, 0.29) is 18.1 Å². The standard InChI is InChI=1S/C17H23FN2O2/c18-8-12-4-6-14(7-5-12)17(22)19-16(13-2-1-3-13)11-20-9-15(21)10-20/h4-7,13,15-16,21H,1-3,8-11H2,(H,19,22). The van der Waals surface area contributed by atoms with Gasteiger partial charge >= 0.3 is 0 Å². The van der Waals surface area contributed by atoms with Crippen molar-refractivity contribution in [1.29, 1.82) is 0 Å². The van der Waals surface area contributed by atoms with Crippen molar-refractivity contribution < 1.29 is 14.3 Å². The Kier molecular flexibility index (Phi) is 4.74. The SMILES string of the molecule is O=C(NC(CN1CC(O)C1)C1CCC1)c1ccc(CF)cc1. The van der Waals surface area contributed by atoms with Gasteiger partial charge in [-0.3, -0.25) is 9.69 Å². The summed E-state index contributed by atoms with van der Waals surface area (Å²) in [6, 6.07) is 6.79. The summed E-state index contributed by atoms with van der Waals surface area (Å²) in [7, 11) is 0. The van der Waals surface area contributed by atoms with Crippen LogP contribution in [0.15, 0.2) is 24.3 Å². The van der Waals surface area contributed by atoms with E-state index in [1.807, 2.05) is 0 Å². The summed E-state index contributed by atoms with van der Waals surface area (Å²) in [5.41, 5.74) is 1.16. The van der Waals surface area contributed by atoms with Crippen LogP contribution in [0.3, 0.4) is 0 Å². The van der Waals surface area contributed by atoms with Crippen molar-refractivity contribution >= 4 is 5.91 Å². The Bertz CT molecular complexity index is 510. The lowest BCUT2D eigenvalue weighted by molar-refractivity contribution is -0.00953. The zero-order chi connectivity index (χ0) is 15.5. The third kappa shape index (κ3) is 3.47. The number of alkyl halides is 1. The Labute approximate surface area is 130 Å². The molecule has 4 nitrogen and oxygen atoms in total. The molecule has 1 saturated heterocycles. The Balaban J connectivity index is 1.59. The highest BCUT2D eigenvalue weighted by molar-refractivity contribution is 5.94. The van der Waals surface area contributed by atoms with E-state index in [1.54, 1.807) is 24.3 Å². The summed E-state index contributed by atoms with van der Waals surface area (Å²) in [5.74, 6) is 0.440. The van der Waals surface area contributed by atoms with Crippen LogP contribution in [-0.2, 0) is 6.67 Å². The number of amides is 1. The molecular formula is C17H23FN2O2. The van der Waals surface area contributed by atoms with Crippen molar-refractivity contribution in [2.75, 3.05) is 19.6 Å². The van der Waals surface area contributed by atoms with Crippen LogP contribution < -0.4 is 5.32 Å². The molecule has 1 aliphatic carbocycles. The Hall–Kier alpha value is -1.46. The Morgan fingerprint density at radius 2 is 2.00 bits per heavy atom. The molecule has 5 heteroatoms. The minimum atomic E-state index is -0.510. The number of carbonyl (C=O) groups excluding carboxylic acids is 1. The number of β-amino-alcohol motifs (C(OH)–C–C–N with tert-alkyl or cyclic N) is 1. The highest BCUT2D eigenvalue weighted by atomic mass is 19.1. The van der Waals surface area contributed by atoms with Crippen molar-refractivity contribution in [2.24, 2.45) is 5.92 Å². The highest BCUT2D eigenvalue weighted by Crippen LogP contribution is 2.30. The second-order valence-corrected chi connectivity index (χ2v) is 6.47. The van der Waals surface area contributed by atoms with Crippen molar-refractivity contribution in [1.82, 2.24) is 10.2 Å². The molecular weight excluding hydrogens is 283 g/mol. The lowest BCUT2D eigenvalue weighted by Crippen LogP contribution is -2.57. The van der Waals surface area contributed by atoms with Gasteiger partial charge in [0.25, 0.3) is 5.91 Å². The molecule has 1 saturated carbocycles. The summed E-state index contributed by atoms with van der Waals surface area (Å²) in [6.45, 7) is 1.69. The average molecular weight is 306 g/mol. The van der Waals surface area contributed by atoms with Gasteiger partial charge in [-0.15, -0.1) is 0 Å². The van der Waals surface area contributed by atoms with Gasteiger partial charge in [-0.25, -0.2) is 4.39 Å². The van der Waals surface area contributed by atoms with Crippen LogP contribution in [0.5, 0.6) is 0 Å². The second kappa shape index (κ2) is 6.75. The quantitative estimate of drug-likeness (QED) is 0.841. The monoisotopic (exact) mass is 306 g/mol. The molecule has 1 amide bonds. The van der Waals surface area contributed by atoms with Crippen LogP contribution >= 0.6 is 0 Å². The van der Waals surface area contributed by atoms with E-state index < -0.39 is 6.67 Å². The van der Waals surface area contributed by atoms with Crippen LogP contribution in [0, 0.1) is 5.92 Å². The molecule has 3 rings (SSSR count). The number of nitrogens with zero attached hydrogens (tertiary/aromatic N) is 1. The first-order valence-corrected chi connectivity index (χ1v) is 8.02. The molecule has 0 bridgehead atoms. The van der Waals surface area contributed by atoms with E-state index in [2.05, 4.69) is 10.2 Å².